The summed E-state index contributed by atoms with van der Waals surface area (Å²) >= 11 is 7.55. The van der Waals surface area contributed by atoms with Gasteiger partial charge in [-0.15, -0.1) is 11.3 Å². The third-order valence-electron chi connectivity index (χ3n) is 2.68. The van der Waals surface area contributed by atoms with E-state index < -0.39 is 0 Å². The number of halogens is 1. The summed E-state index contributed by atoms with van der Waals surface area (Å²) in [5.74, 6) is -0.0345. The maximum Gasteiger partial charge on any atom is 0.239 e. The van der Waals surface area contributed by atoms with Crippen molar-refractivity contribution in [1.82, 2.24) is 5.32 Å². The molecule has 1 aromatic heterocycles. The molecule has 5 heteroatoms. The SMILES string of the molecule is Cc1ccc(Cl)cc1NCC(=O)NCc1cccs1. The van der Waals surface area contributed by atoms with E-state index in [2.05, 4.69) is 10.6 Å². The predicted molar refractivity (Wildman–Crippen MR) is 80.8 cm³/mol. The van der Waals surface area contributed by atoms with Gasteiger partial charge in [0.2, 0.25) is 5.91 Å². The van der Waals surface area contributed by atoms with Gasteiger partial charge < -0.3 is 10.6 Å². The van der Waals surface area contributed by atoms with E-state index in [4.69, 9.17) is 11.6 Å². The van der Waals surface area contributed by atoms with Crippen LogP contribution in [0.4, 0.5) is 5.69 Å². The molecule has 19 heavy (non-hydrogen) atoms. The van der Waals surface area contributed by atoms with Gasteiger partial charge >= 0.3 is 0 Å². The first-order chi connectivity index (χ1) is 9.15. The molecule has 0 radical (unpaired) electrons. The number of carbonyl (C=O) groups excluding carboxylic acids is 1. The fraction of sp³-hybridized carbons (Fsp3) is 0.214. The Balaban J connectivity index is 1.81. The highest BCUT2D eigenvalue weighted by Gasteiger charge is 2.04. The number of hydrogen-bond acceptors (Lipinski definition) is 3. The highest BCUT2D eigenvalue weighted by atomic mass is 35.5. The van der Waals surface area contributed by atoms with Gasteiger partial charge in [-0.05, 0) is 36.1 Å². The standard InChI is InChI=1S/C14H15ClN2OS/c1-10-4-5-11(15)7-13(10)16-9-14(18)17-8-12-3-2-6-19-12/h2-7,16H,8-9H2,1H3,(H,17,18). The summed E-state index contributed by atoms with van der Waals surface area (Å²) in [4.78, 5) is 12.9. The second-order valence-electron chi connectivity index (χ2n) is 4.17. The van der Waals surface area contributed by atoms with Crippen molar-refractivity contribution in [3.05, 3.63) is 51.2 Å². The second kappa shape index (κ2) is 6.59. The van der Waals surface area contributed by atoms with Gasteiger partial charge in [0.25, 0.3) is 0 Å². The van der Waals surface area contributed by atoms with E-state index >= 15 is 0 Å². The van der Waals surface area contributed by atoms with E-state index in [1.807, 2.05) is 42.6 Å². The first-order valence-corrected chi connectivity index (χ1v) is 7.20. The van der Waals surface area contributed by atoms with Crippen LogP contribution in [0.5, 0.6) is 0 Å². The Bertz CT molecular complexity index is 555. The number of rotatable bonds is 5. The minimum absolute atomic E-state index is 0.0345. The molecule has 0 unspecified atom stereocenters. The van der Waals surface area contributed by atoms with Crippen LogP contribution in [0.15, 0.2) is 35.7 Å². The highest BCUT2D eigenvalue weighted by Crippen LogP contribution is 2.19. The van der Waals surface area contributed by atoms with Crippen LogP contribution in [0.2, 0.25) is 5.02 Å². The predicted octanol–water partition coefficient (Wildman–Crippen LogP) is 3.44. The monoisotopic (exact) mass is 294 g/mol. The van der Waals surface area contributed by atoms with E-state index in [1.165, 1.54) is 0 Å². The fourth-order valence-electron chi connectivity index (χ4n) is 1.62. The zero-order valence-electron chi connectivity index (χ0n) is 10.6. The van der Waals surface area contributed by atoms with Crippen molar-refractivity contribution in [3.63, 3.8) is 0 Å². The minimum atomic E-state index is -0.0345. The summed E-state index contributed by atoms with van der Waals surface area (Å²) in [7, 11) is 0. The Morgan fingerprint density at radius 1 is 1.37 bits per heavy atom. The molecule has 100 valence electrons. The molecule has 2 N–H and O–H groups in total. The number of carbonyl (C=O) groups is 1. The lowest BCUT2D eigenvalue weighted by Gasteiger charge is -2.10. The van der Waals surface area contributed by atoms with Crippen molar-refractivity contribution < 1.29 is 4.79 Å². The summed E-state index contributed by atoms with van der Waals surface area (Å²) in [6.45, 7) is 2.79. The van der Waals surface area contributed by atoms with E-state index in [0.717, 1.165) is 16.1 Å². The third kappa shape index (κ3) is 4.26. The van der Waals surface area contributed by atoms with Crippen LogP contribution in [-0.4, -0.2) is 12.5 Å². The largest absolute Gasteiger partial charge is 0.376 e. The number of amides is 1. The topological polar surface area (TPSA) is 41.1 Å². The molecular weight excluding hydrogens is 280 g/mol. The normalized spacial score (nSPS) is 10.2. The molecule has 0 spiro atoms. The summed E-state index contributed by atoms with van der Waals surface area (Å²) in [6, 6.07) is 9.55. The maximum absolute atomic E-state index is 11.7. The molecule has 0 saturated heterocycles. The lowest BCUT2D eigenvalue weighted by Crippen LogP contribution is -2.29. The van der Waals surface area contributed by atoms with Gasteiger partial charge in [-0.3, -0.25) is 4.79 Å². The van der Waals surface area contributed by atoms with E-state index in [1.54, 1.807) is 11.3 Å². The summed E-state index contributed by atoms with van der Waals surface area (Å²) in [5, 5.41) is 8.61. The Morgan fingerprint density at radius 3 is 2.95 bits per heavy atom. The van der Waals surface area contributed by atoms with Crippen LogP contribution in [-0.2, 0) is 11.3 Å². The van der Waals surface area contributed by atoms with Crippen LogP contribution in [0.25, 0.3) is 0 Å². The van der Waals surface area contributed by atoms with Crippen molar-refractivity contribution in [3.8, 4) is 0 Å². The number of thiophene rings is 1. The summed E-state index contributed by atoms with van der Waals surface area (Å²) in [5.41, 5.74) is 1.95. The fourth-order valence-corrected chi connectivity index (χ4v) is 2.44. The molecular formula is C14H15ClN2OS. The maximum atomic E-state index is 11.7. The average Bonchev–Trinajstić information content (AvgIpc) is 2.90. The number of nitrogens with one attached hydrogen (secondary N) is 2. The summed E-state index contributed by atoms with van der Waals surface area (Å²) in [6.07, 6.45) is 0. The van der Waals surface area contributed by atoms with Gasteiger partial charge in [0.15, 0.2) is 0 Å². The van der Waals surface area contributed by atoms with Crippen molar-refractivity contribution in [1.29, 1.82) is 0 Å². The molecule has 0 atom stereocenters. The molecule has 0 aliphatic heterocycles. The van der Waals surface area contributed by atoms with Crippen LogP contribution in [0, 0.1) is 6.92 Å². The molecule has 0 aliphatic carbocycles. The first-order valence-electron chi connectivity index (χ1n) is 5.94. The minimum Gasteiger partial charge on any atom is -0.376 e. The van der Waals surface area contributed by atoms with Gasteiger partial charge in [-0.1, -0.05) is 23.7 Å². The van der Waals surface area contributed by atoms with Crippen LogP contribution in [0.1, 0.15) is 10.4 Å². The molecule has 3 nitrogen and oxygen atoms in total. The number of hydrogen-bond donors (Lipinski definition) is 2. The molecule has 2 rings (SSSR count). The highest BCUT2D eigenvalue weighted by molar-refractivity contribution is 7.09. The van der Waals surface area contributed by atoms with Crippen molar-refractivity contribution in [2.45, 2.75) is 13.5 Å². The third-order valence-corrected chi connectivity index (χ3v) is 3.79. The van der Waals surface area contributed by atoms with E-state index in [9.17, 15) is 4.79 Å². The number of benzene rings is 1. The molecule has 0 bridgehead atoms. The Hall–Kier alpha value is -1.52. The first kappa shape index (κ1) is 13.9. The summed E-state index contributed by atoms with van der Waals surface area (Å²) < 4.78 is 0. The molecule has 2 aromatic rings. The average molecular weight is 295 g/mol. The molecule has 1 aromatic carbocycles. The quantitative estimate of drug-likeness (QED) is 0.887. The van der Waals surface area contributed by atoms with Crippen molar-refractivity contribution >= 4 is 34.5 Å². The van der Waals surface area contributed by atoms with Gasteiger partial charge in [-0.25, -0.2) is 0 Å². The molecule has 0 saturated carbocycles. The Labute approximate surface area is 121 Å². The number of aryl methyl sites for hydroxylation is 1. The molecule has 0 aliphatic rings. The zero-order valence-corrected chi connectivity index (χ0v) is 12.1. The molecule has 0 fully saturated rings. The van der Waals surface area contributed by atoms with Crippen molar-refractivity contribution in [2.24, 2.45) is 0 Å². The van der Waals surface area contributed by atoms with E-state index in [-0.39, 0.29) is 12.5 Å². The van der Waals surface area contributed by atoms with Gasteiger partial charge in [-0.2, -0.15) is 0 Å². The van der Waals surface area contributed by atoms with Crippen LogP contribution < -0.4 is 10.6 Å². The Morgan fingerprint density at radius 2 is 2.21 bits per heavy atom. The van der Waals surface area contributed by atoms with Crippen molar-refractivity contribution in [2.75, 3.05) is 11.9 Å². The Kier molecular flexibility index (Phi) is 4.82. The zero-order chi connectivity index (χ0) is 13.7. The van der Waals surface area contributed by atoms with Gasteiger partial charge in [0.1, 0.15) is 0 Å². The second-order valence-corrected chi connectivity index (χ2v) is 5.64. The smallest absolute Gasteiger partial charge is 0.239 e. The van der Waals surface area contributed by atoms with Gasteiger partial charge in [0, 0.05) is 15.6 Å². The van der Waals surface area contributed by atoms with Crippen LogP contribution >= 0.6 is 22.9 Å². The van der Waals surface area contributed by atoms with Crippen LogP contribution in [0.3, 0.4) is 0 Å². The van der Waals surface area contributed by atoms with Gasteiger partial charge in [0.05, 0.1) is 13.1 Å². The molecule has 1 amide bonds. The lowest BCUT2D eigenvalue weighted by molar-refractivity contribution is -0.119. The lowest BCUT2D eigenvalue weighted by atomic mass is 10.2. The van der Waals surface area contributed by atoms with E-state index in [0.29, 0.717) is 11.6 Å². The molecule has 1 heterocycles. The number of anilines is 1.